The molecule has 7 heteroatoms. The predicted octanol–water partition coefficient (Wildman–Crippen LogP) is 3.55. The molecule has 0 aliphatic heterocycles. The number of benzene rings is 3. The normalized spacial score (nSPS) is 13.0. The van der Waals surface area contributed by atoms with Crippen molar-refractivity contribution in [3.8, 4) is 5.75 Å². The molecule has 0 spiro atoms. The molecule has 0 bridgehead atoms. The maximum atomic E-state index is 12.9. The Balaban J connectivity index is 1.49. The molecule has 0 fully saturated rings. The smallest absolute Gasteiger partial charge is 0.297 e. The van der Waals surface area contributed by atoms with Crippen molar-refractivity contribution in [1.82, 2.24) is 0 Å². The quantitative estimate of drug-likeness (QED) is 0.349. The van der Waals surface area contributed by atoms with Crippen molar-refractivity contribution in [3.05, 3.63) is 94.5 Å². The minimum atomic E-state index is -3.91. The van der Waals surface area contributed by atoms with Gasteiger partial charge in [-0.2, -0.15) is 8.42 Å². The molecule has 0 heterocycles. The average molecular weight is 422 g/mol. The van der Waals surface area contributed by atoms with Crippen LogP contribution in [-0.4, -0.2) is 33.2 Å². The van der Waals surface area contributed by atoms with Crippen LogP contribution in [0, 0.1) is 6.92 Å². The predicted molar refractivity (Wildman–Crippen MR) is 110 cm³/mol. The molecule has 0 unspecified atom stereocenters. The molecule has 0 atom stereocenters. The first-order valence-electron chi connectivity index (χ1n) is 9.29. The van der Waals surface area contributed by atoms with Gasteiger partial charge in [-0.3, -0.25) is 13.8 Å². The van der Waals surface area contributed by atoms with Crippen LogP contribution in [0.5, 0.6) is 5.75 Å². The van der Waals surface area contributed by atoms with Crippen LogP contribution in [0.1, 0.15) is 37.4 Å². The van der Waals surface area contributed by atoms with Gasteiger partial charge in [0.1, 0.15) is 19.0 Å². The molecule has 4 rings (SSSR count). The number of carbonyl (C=O) groups excluding carboxylic acids is 2. The molecule has 3 aromatic rings. The fraction of sp³-hybridized carbons (Fsp3) is 0.130. The number of ether oxygens (including phenoxy) is 1. The molecule has 0 aromatic heterocycles. The van der Waals surface area contributed by atoms with Gasteiger partial charge in [-0.1, -0.05) is 54.1 Å². The second-order valence-corrected chi connectivity index (χ2v) is 8.44. The van der Waals surface area contributed by atoms with E-state index in [1.54, 1.807) is 54.6 Å². The number of aryl methyl sites for hydroxylation is 1. The molecule has 3 aromatic carbocycles. The summed E-state index contributed by atoms with van der Waals surface area (Å²) in [5.41, 5.74) is 2.07. The van der Waals surface area contributed by atoms with Gasteiger partial charge in [-0.05, 0) is 25.1 Å². The number of carbonyl (C=O) groups is 2. The summed E-state index contributed by atoms with van der Waals surface area (Å²) in [5.74, 6) is -0.329. The van der Waals surface area contributed by atoms with E-state index in [0.29, 0.717) is 11.1 Å². The molecule has 152 valence electrons. The van der Waals surface area contributed by atoms with Gasteiger partial charge in [-0.25, -0.2) is 0 Å². The summed E-state index contributed by atoms with van der Waals surface area (Å²) in [6.07, 6.45) is 0. The lowest BCUT2D eigenvalue weighted by atomic mass is 9.83. The third-order valence-corrected chi connectivity index (χ3v) is 6.13. The van der Waals surface area contributed by atoms with Crippen LogP contribution in [0.15, 0.2) is 71.6 Å². The molecule has 0 radical (unpaired) electrons. The van der Waals surface area contributed by atoms with E-state index in [2.05, 4.69) is 0 Å². The summed E-state index contributed by atoms with van der Waals surface area (Å²) in [6.45, 7) is 1.51. The zero-order chi connectivity index (χ0) is 21.3. The zero-order valence-corrected chi connectivity index (χ0v) is 16.9. The molecule has 0 saturated carbocycles. The number of hydrogen-bond acceptors (Lipinski definition) is 6. The summed E-state index contributed by atoms with van der Waals surface area (Å²) in [6, 6.07) is 17.7. The Hall–Kier alpha value is -3.29. The highest BCUT2D eigenvalue weighted by Gasteiger charge is 2.31. The second-order valence-electron chi connectivity index (χ2n) is 6.82. The van der Waals surface area contributed by atoms with E-state index in [1.165, 1.54) is 12.1 Å². The average Bonchev–Trinajstić information content (AvgIpc) is 2.75. The highest BCUT2D eigenvalue weighted by molar-refractivity contribution is 7.86. The molecule has 1 aliphatic carbocycles. The van der Waals surface area contributed by atoms with E-state index in [9.17, 15) is 18.0 Å². The zero-order valence-electron chi connectivity index (χ0n) is 16.1. The van der Waals surface area contributed by atoms with Crippen LogP contribution in [0.2, 0.25) is 0 Å². The first-order chi connectivity index (χ1) is 14.4. The summed E-state index contributed by atoms with van der Waals surface area (Å²) in [5, 5.41) is 0. The van der Waals surface area contributed by atoms with Crippen LogP contribution in [-0.2, 0) is 14.3 Å². The third-order valence-electron chi connectivity index (χ3n) is 4.80. The minimum Gasteiger partial charge on any atom is -0.490 e. The Morgan fingerprint density at radius 3 is 2.07 bits per heavy atom. The maximum Gasteiger partial charge on any atom is 0.297 e. The topological polar surface area (TPSA) is 86.7 Å². The van der Waals surface area contributed by atoms with Gasteiger partial charge in [0.2, 0.25) is 0 Å². The first-order valence-corrected chi connectivity index (χ1v) is 10.7. The Labute approximate surface area is 174 Å². The standard InChI is InChI=1S/C23H18O6S/c1-15-9-11-16(12-10-15)30(26,27)29-14-13-28-20-8-4-7-19-21(20)23(25)18-6-3-2-5-17(18)22(19)24/h2-12H,13-14H2,1H3. The Morgan fingerprint density at radius 1 is 0.733 bits per heavy atom. The summed E-state index contributed by atoms with van der Waals surface area (Å²) in [7, 11) is -3.91. The lowest BCUT2D eigenvalue weighted by molar-refractivity contribution is 0.0975. The van der Waals surface area contributed by atoms with E-state index in [-0.39, 0.29) is 46.6 Å². The molecular weight excluding hydrogens is 404 g/mol. The van der Waals surface area contributed by atoms with Gasteiger partial charge in [-0.15, -0.1) is 0 Å². The molecule has 1 aliphatic rings. The highest BCUT2D eigenvalue weighted by atomic mass is 32.2. The summed E-state index contributed by atoms with van der Waals surface area (Å²) >= 11 is 0. The molecule has 0 saturated heterocycles. The fourth-order valence-electron chi connectivity index (χ4n) is 3.30. The van der Waals surface area contributed by atoms with Gasteiger partial charge in [0.05, 0.1) is 10.5 Å². The first kappa shape index (κ1) is 20.0. The van der Waals surface area contributed by atoms with E-state index in [1.807, 2.05) is 6.92 Å². The number of fused-ring (bicyclic) bond motifs is 2. The van der Waals surface area contributed by atoms with Crippen LogP contribution in [0.3, 0.4) is 0 Å². The SMILES string of the molecule is Cc1ccc(S(=O)(=O)OCCOc2cccc3c2C(=O)c2ccccc2C3=O)cc1. The van der Waals surface area contributed by atoms with Gasteiger partial charge in [0, 0.05) is 16.7 Å². The second kappa shape index (κ2) is 7.85. The lowest BCUT2D eigenvalue weighted by Gasteiger charge is -2.20. The Kier molecular flexibility index (Phi) is 5.24. The van der Waals surface area contributed by atoms with E-state index in [4.69, 9.17) is 8.92 Å². The van der Waals surface area contributed by atoms with Crippen molar-refractivity contribution < 1.29 is 26.9 Å². The van der Waals surface area contributed by atoms with Crippen LogP contribution in [0.25, 0.3) is 0 Å². The van der Waals surface area contributed by atoms with Crippen molar-refractivity contribution in [1.29, 1.82) is 0 Å². The van der Waals surface area contributed by atoms with Crippen molar-refractivity contribution in [3.63, 3.8) is 0 Å². The number of ketones is 2. The van der Waals surface area contributed by atoms with Gasteiger partial charge >= 0.3 is 0 Å². The van der Waals surface area contributed by atoms with Crippen molar-refractivity contribution in [2.75, 3.05) is 13.2 Å². The lowest BCUT2D eigenvalue weighted by Crippen LogP contribution is -2.22. The summed E-state index contributed by atoms with van der Waals surface area (Å²) in [4.78, 5) is 25.7. The van der Waals surface area contributed by atoms with Crippen molar-refractivity contribution >= 4 is 21.7 Å². The van der Waals surface area contributed by atoms with Crippen molar-refractivity contribution in [2.24, 2.45) is 0 Å². The van der Waals surface area contributed by atoms with E-state index in [0.717, 1.165) is 5.56 Å². The van der Waals surface area contributed by atoms with Crippen LogP contribution in [0.4, 0.5) is 0 Å². The third kappa shape index (κ3) is 3.65. The van der Waals surface area contributed by atoms with Crippen molar-refractivity contribution in [2.45, 2.75) is 11.8 Å². The Bertz CT molecular complexity index is 1240. The fourth-order valence-corrected chi connectivity index (χ4v) is 4.19. The number of hydrogen-bond donors (Lipinski definition) is 0. The molecule has 0 amide bonds. The van der Waals surface area contributed by atoms with Crippen LogP contribution < -0.4 is 4.74 Å². The van der Waals surface area contributed by atoms with Gasteiger partial charge < -0.3 is 4.74 Å². The van der Waals surface area contributed by atoms with Gasteiger partial charge in [0.15, 0.2) is 11.6 Å². The van der Waals surface area contributed by atoms with Gasteiger partial charge in [0.25, 0.3) is 10.1 Å². The molecule has 6 nitrogen and oxygen atoms in total. The molecule has 0 N–H and O–H groups in total. The molecular formula is C23H18O6S. The van der Waals surface area contributed by atoms with E-state index >= 15 is 0 Å². The van der Waals surface area contributed by atoms with E-state index < -0.39 is 10.1 Å². The molecule has 30 heavy (non-hydrogen) atoms. The monoisotopic (exact) mass is 422 g/mol. The largest absolute Gasteiger partial charge is 0.490 e. The number of rotatable bonds is 6. The van der Waals surface area contributed by atoms with Crippen LogP contribution >= 0.6 is 0 Å². The minimum absolute atomic E-state index is 0.0579. The summed E-state index contributed by atoms with van der Waals surface area (Å²) < 4.78 is 35.1. The Morgan fingerprint density at radius 2 is 1.37 bits per heavy atom. The highest BCUT2D eigenvalue weighted by Crippen LogP contribution is 2.33. The maximum absolute atomic E-state index is 12.9.